The number of amides is 1. The summed E-state index contributed by atoms with van der Waals surface area (Å²) in [6.45, 7) is 2.92. The summed E-state index contributed by atoms with van der Waals surface area (Å²) < 4.78 is 44.3. The van der Waals surface area contributed by atoms with Gasteiger partial charge in [-0.1, -0.05) is 32.6 Å². The summed E-state index contributed by atoms with van der Waals surface area (Å²) in [6.07, 6.45) is 0.441. The first kappa shape index (κ1) is 31.1. The van der Waals surface area contributed by atoms with E-state index >= 15 is 0 Å². The summed E-state index contributed by atoms with van der Waals surface area (Å²) in [5.74, 6) is -8.27. The minimum absolute atomic E-state index is 0.0744. The van der Waals surface area contributed by atoms with Crippen LogP contribution in [0.25, 0.3) is 5.76 Å². The quantitative estimate of drug-likeness (QED) is 0.237. The first-order valence-corrected chi connectivity index (χ1v) is 14.8. The van der Waals surface area contributed by atoms with Crippen LogP contribution in [0.1, 0.15) is 80.5 Å². The van der Waals surface area contributed by atoms with Crippen molar-refractivity contribution in [1.82, 2.24) is 4.90 Å². The van der Waals surface area contributed by atoms with Gasteiger partial charge < -0.3 is 26.2 Å². The highest BCUT2D eigenvalue weighted by molar-refractivity contribution is 6.22. The predicted octanol–water partition coefficient (Wildman–Crippen LogP) is 4.24. The number of nitrogens with two attached hydrogens (primary N) is 1. The van der Waals surface area contributed by atoms with Gasteiger partial charge in [0.2, 0.25) is 5.78 Å². The molecule has 12 heteroatoms. The molecule has 1 aromatic carbocycles. The monoisotopic (exact) mass is 606 g/mol. The van der Waals surface area contributed by atoms with E-state index in [-0.39, 0.29) is 24.1 Å². The SMILES string of the molecule is CCN(Cc1cc(O)c2c(c1C(F)(F)F)CC1C[C@H]3CC(=O)C(C(N)=O)=C(O)[C@@]3(O)C(=O)C1=C2O)CC1CCCCCC1. The van der Waals surface area contributed by atoms with Gasteiger partial charge in [0.25, 0.3) is 5.91 Å². The number of nitrogens with zero attached hydrogens (tertiary/aromatic N) is 1. The Morgan fingerprint density at radius 3 is 2.33 bits per heavy atom. The molecule has 0 aromatic heterocycles. The molecule has 1 unspecified atom stereocenters. The molecule has 1 amide bonds. The number of carbonyl (C=O) groups excluding carboxylic acids is 3. The lowest BCUT2D eigenvalue weighted by Gasteiger charge is -2.46. The maximum Gasteiger partial charge on any atom is 0.417 e. The summed E-state index contributed by atoms with van der Waals surface area (Å²) in [5.41, 5.74) is -1.06. The summed E-state index contributed by atoms with van der Waals surface area (Å²) >= 11 is 0. The molecular formula is C31H37F3N2O7. The van der Waals surface area contributed by atoms with Crippen LogP contribution in [0, 0.1) is 17.8 Å². The Balaban J connectivity index is 1.59. The highest BCUT2D eigenvalue weighted by atomic mass is 19.4. The first-order chi connectivity index (χ1) is 20.2. The lowest BCUT2D eigenvalue weighted by Crippen LogP contribution is -2.58. The third-order valence-corrected chi connectivity index (χ3v) is 9.76. The van der Waals surface area contributed by atoms with E-state index in [0.29, 0.717) is 19.0 Å². The fraction of sp³-hybridized carbons (Fsp3) is 0.581. The van der Waals surface area contributed by atoms with Crippen molar-refractivity contribution in [3.63, 3.8) is 0 Å². The van der Waals surface area contributed by atoms with Crippen molar-refractivity contribution in [3.05, 3.63) is 45.2 Å². The maximum atomic E-state index is 14.8. The third kappa shape index (κ3) is 5.22. The van der Waals surface area contributed by atoms with Gasteiger partial charge in [0.05, 0.1) is 11.1 Å². The van der Waals surface area contributed by atoms with Gasteiger partial charge in [-0.3, -0.25) is 19.3 Å². The maximum absolute atomic E-state index is 14.8. The molecule has 0 aliphatic heterocycles. The Morgan fingerprint density at radius 2 is 1.74 bits per heavy atom. The van der Waals surface area contributed by atoms with Gasteiger partial charge in [-0.15, -0.1) is 0 Å². The normalized spacial score (nSPS) is 26.7. The van der Waals surface area contributed by atoms with E-state index in [2.05, 4.69) is 0 Å². The largest absolute Gasteiger partial charge is 0.508 e. The average Bonchev–Trinajstić information content (AvgIpc) is 3.17. The second kappa shape index (κ2) is 11.3. The van der Waals surface area contributed by atoms with Gasteiger partial charge in [0.15, 0.2) is 11.4 Å². The lowest BCUT2D eigenvalue weighted by atomic mass is 9.59. The number of primary amides is 1. The van der Waals surface area contributed by atoms with Crippen LogP contribution < -0.4 is 5.73 Å². The molecule has 3 atom stereocenters. The van der Waals surface area contributed by atoms with Gasteiger partial charge in [0.1, 0.15) is 22.8 Å². The van der Waals surface area contributed by atoms with Gasteiger partial charge in [-0.05, 0) is 61.3 Å². The molecule has 0 spiro atoms. The summed E-state index contributed by atoms with van der Waals surface area (Å²) in [4.78, 5) is 39.9. The summed E-state index contributed by atoms with van der Waals surface area (Å²) in [7, 11) is 0. The molecular weight excluding hydrogens is 569 g/mol. The van der Waals surface area contributed by atoms with Crippen molar-refractivity contribution in [1.29, 1.82) is 0 Å². The van der Waals surface area contributed by atoms with Crippen LogP contribution in [-0.2, 0) is 33.5 Å². The van der Waals surface area contributed by atoms with Crippen molar-refractivity contribution in [2.45, 2.75) is 83.0 Å². The number of aliphatic hydroxyl groups excluding tert-OH is 2. The zero-order valence-electron chi connectivity index (χ0n) is 24.0. The topological polar surface area (TPSA) is 161 Å². The zero-order valence-corrected chi connectivity index (χ0v) is 24.0. The van der Waals surface area contributed by atoms with E-state index < -0.39 is 93.5 Å². The molecule has 6 N–H and O–H groups in total. The molecule has 2 saturated carbocycles. The molecule has 234 valence electrons. The van der Waals surface area contributed by atoms with Crippen molar-refractivity contribution in [2.24, 2.45) is 23.5 Å². The Bertz CT molecular complexity index is 1430. The minimum Gasteiger partial charge on any atom is -0.508 e. The number of aromatic hydroxyl groups is 1. The molecule has 4 aliphatic rings. The van der Waals surface area contributed by atoms with Gasteiger partial charge in [-0.2, -0.15) is 13.2 Å². The number of fused-ring (bicyclic) bond motifs is 3. The van der Waals surface area contributed by atoms with Gasteiger partial charge in [-0.25, -0.2) is 0 Å². The lowest BCUT2D eigenvalue weighted by molar-refractivity contribution is -0.147. The number of alkyl halides is 3. The number of hydrogen-bond donors (Lipinski definition) is 5. The van der Waals surface area contributed by atoms with Gasteiger partial charge >= 0.3 is 6.18 Å². The fourth-order valence-electron chi connectivity index (χ4n) is 7.70. The van der Waals surface area contributed by atoms with E-state index in [1.807, 2.05) is 11.8 Å². The highest BCUT2D eigenvalue weighted by Crippen LogP contribution is 2.54. The molecule has 2 fully saturated rings. The zero-order chi connectivity index (χ0) is 31.4. The number of ketones is 2. The van der Waals surface area contributed by atoms with Crippen molar-refractivity contribution in [3.8, 4) is 5.75 Å². The number of hydrogen-bond acceptors (Lipinski definition) is 8. The average molecular weight is 607 g/mol. The summed E-state index contributed by atoms with van der Waals surface area (Å²) in [5, 5.41) is 44.2. The fourth-order valence-corrected chi connectivity index (χ4v) is 7.70. The number of Topliss-reactive ketones (excluding diaryl/α,β-unsaturated/α-hetero) is 2. The van der Waals surface area contributed by atoms with E-state index in [0.717, 1.165) is 44.6 Å². The van der Waals surface area contributed by atoms with Crippen LogP contribution in [0.5, 0.6) is 5.75 Å². The number of phenols is 1. The van der Waals surface area contributed by atoms with Crippen LogP contribution in [-0.4, -0.2) is 61.5 Å². The molecule has 0 saturated heterocycles. The second-order valence-corrected chi connectivity index (χ2v) is 12.4. The molecule has 43 heavy (non-hydrogen) atoms. The molecule has 5 rings (SSSR count). The number of aliphatic hydroxyl groups is 3. The van der Waals surface area contributed by atoms with E-state index in [1.54, 1.807) is 0 Å². The van der Waals surface area contributed by atoms with E-state index in [4.69, 9.17) is 5.73 Å². The van der Waals surface area contributed by atoms with Crippen LogP contribution in [0.4, 0.5) is 13.2 Å². The minimum atomic E-state index is -4.86. The van der Waals surface area contributed by atoms with Crippen LogP contribution in [0.3, 0.4) is 0 Å². The van der Waals surface area contributed by atoms with Crippen molar-refractivity contribution >= 4 is 23.2 Å². The first-order valence-electron chi connectivity index (χ1n) is 14.8. The Kier molecular flexibility index (Phi) is 8.14. The Labute approximate surface area is 246 Å². The van der Waals surface area contributed by atoms with Crippen molar-refractivity contribution in [2.75, 3.05) is 13.1 Å². The second-order valence-electron chi connectivity index (χ2n) is 12.4. The third-order valence-electron chi connectivity index (χ3n) is 9.76. The highest BCUT2D eigenvalue weighted by Gasteiger charge is 2.60. The molecule has 0 heterocycles. The number of benzene rings is 1. The number of phenolic OH excluding ortho intramolecular Hbond substituents is 1. The van der Waals surface area contributed by atoms with Gasteiger partial charge in [0, 0.05) is 31.0 Å². The number of halogens is 3. The van der Waals surface area contributed by atoms with Crippen LogP contribution >= 0.6 is 0 Å². The van der Waals surface area contributed by atoms with Crippen LogP contribution in [0.2, 0.25) is 0 Å². The standard InChI is InChI=1S/C31H37F3N2O7/c1-2-36(13-15-7-5-3-4-6-8-15)14-17-11-20(37)23-19(25(17)31(32,33)34)10-16-9-18-12-21(38)24(29(35)42)28(41)30(18,43)27(40)22(16)26(23)39/h11,15-16,18,37,39,41,43H,2-10,12-14H2,1H3,(H2,35,42)/t16?,18-,30-/m0/s1. The molecule has 0 radical (unpaired) electrons. The smallest absolute Gasteiger partial charge is 0.417 e. The number of rotatable bonds is 6. The molecule has 4 aliphatic carbocycles. The Morgan fingerprint density at radius 1 is 1.09 bits per heavy atom. The molecule has 9 nitrogen and oxygen atoms in total. The number of carbonyl (C=O) groups is 3. The van der Waals surface area contributed by atoms with E-state index in [9.17, 15) is 48.0 Å². The van der Waals surface area contributed by atoms with Crippen LogP contribution in [0.15, 0.2) is 23.0 Å². The summed E-state index contributed by atoms with van der Waals surface area (Å²) in [6, 6.07) is 0.973. The molecule has 1 aromatic rings. The Hall–Kier alpha value is -3.38. The van der Waals surface area contributed by atoms with Crippen molar-refractivity contribution < 1.29 is 48.0 Å². The van der Waals surface area contributed by atoms with E-state index in [1.165, 1.54) is 0 Å². The molecule has 0 bridgehead atoms. The predicted molar refractivity (Wildman–Crippen MR) is 149 cm³/mol.